The minimum Gasteiger partial charge on any atom is -0.350 e. The lowest BCUT2D eigenvalue weighted by Crippen LogP contribution is -2.41. The molecule has 3 heterocycles. The van der Waals surface area contributed by atoms with Gasteiger partial charge in [0.2, 0.25) is 5.91 Å². The van der Waals surface area contributed by atoms with Gasteiger partial charge in [0.05, 0.1) is 30.6 Å². The number of nitrogens with zero attached hydrogens (tertiary/aromatic N) is 4. The van der Waals surface area contributed by atoms with Crippen LogP contribution < -0.4 is 5.32 Å². The lowest BCUT2D eigenvalue weighted by molar-refractivity contribution is -0.126. The van der Waals surface area contributed by atoms with Gasteiger partial charge in [-0.3, -0.25) is 14.2 Å². The summed E-state index contributed by atoms with van der Waals surface area (Å²) in [6.45, 7) is 2.44. The van der Waals surface area contributed by atoms with E-state index in [9.17, 15) is 4.79 Å². The van der Waals surface area contributed by atoms with E-state index in [1.165, 1.54) is 0 Å². The van der Waals surface area contributed by atoms with Crippen molar-refractivity contribution in [2.24, 2.45) is 5.92 Å². The fourth-order valence-electron chi connectivity index (χ4n) is 2.73. The van der Waals surface area contributed by atoms with Crippen molar-refractivity contribution in [3.8, 4) is 0 Å². The predicted molar refractivity (Wildman–Crippen MR) is 75.1 cm³/mol. The Morgan fingerprint density at radius 2 is 2.40 bits per heavy atom. The van der Waals surface area contributed by atoms with Crippen LogP contribution >= 0.6 is 0 Å². The molecule has 0 radical (unpaired) electrons. The van der Waals surface area contributed by atoms with Gasteiger partial charge in [-0.25, -0.2) is 4.98 Å². The molecule has 1 N–H and O–H groups in total. The van der Waals surface area contributed by atoms with E-state index in [1.54, 1.807) is 18.6 Å². The molecule has 0 aliphatic carbocycles. The summed E-state index contributed by atoms with van der Waals surface area (Å²) in [5.74, 6) is 0.246. The molecule has 20 heavy (non-hydrogen) atoms. The third-order valence-corrected chi connectivity index (χ3v) is 3.83. The summed E-state index contributed by atoms with van der Waals surface area (Å²) in [7, 11) is 2.07. The van der Waals surface area contributed by atoms with Crippen LogP contribution in [0.4, 0.5) is 0 Å². The Balaban J connectivity index is 1.63. The van der Waals surface area contributed by atoms with E-state index in [2.05, 4.69) is 27.2 Å². The molecule has 3 rings (SSSR count). The third kappa shape index (κ3) is 2.65. The van der Waals surface area contributed by atoms with Crippen LogP contribution in [0.1, 0.15) is 18.5 Å². The zero-order valence-corrected chi connectivity index (χ0v) is 11.6. The van der Waals surface area contributed by atoms with Crippen molar-refractivity contribution < 1.29 is 4.79 Å². The molecule has 1 aliphatic heterocycles. The van der Waals surface area contributed by atoms with Crippen LogP contribution in [0.2, 0.25) is 0 Å². The van der Waals surface area contributed by atoms with Gasteiger partial charge in [-0.2, -0.15) is 0 Å². The Bertz CT molecular complexity index is 608. The predicted octanol–water partition coefficient (Wildman–Crippen LogP) is 0.687. The molecule has 2 aromatic heterocycles. The number of rotatable bonds is 3. The first-order valence-corrected chi connectivity index (χ1v) is 6.96. The monoisotopic (exact) mass is 273 g/mol. The van der Waals surface area contributed by atoms with Gasteiger partial charge in [-0.05, 0) is 26.4 Å². The number of hydrogen-bond acceptors (Lipinski definition) is 4. The van der Waals surface area contributed by atoms with Crippen LogP contribution in [0.25, 0.3) is 5.65 Å². The normalized spacial score (nSPS) is 20.1. The summed E-state index contributed by atoms with van der Waals surface area (Å²) < 4.78 is 1.94. The molecule has 106 valence electrons. The lowest BCUT2D eigenvalue weighted by atomic mass is 9.97. The third-order valence-electron chi connectivity index (χ3n) is 3.83. The maximum absolute atomic E-state index is 12.2. The smallest absolute Gasteiger partial charge is 0.224 e. The van der Waals surface area contributed by atoms with Crippen LogP contribution in [-0.2, 0) is 11.3 Å². The Labute approximate surface area is 117 Å². The lowest BCUT2D eigenvalue weighted by Gasteiger charge is -2.28. The highest BCUT2D eigenvalue weighted by Crippen LogP contribution is 2.15. The fourth-order valence-corrected chi connectivity index (χ4v) is 2.73. The number of hydrogen-bond donors (Lipinski definition) is 1. The summed E-state index contributed by atoms with van der Waals surface area (Å²) in [6, 6.07) is 0. The zero-order chi connectivity index (χ0) is 13.9. The fraction of sp³-hybridized carbons (Fsp3) is 0.500. The second-order valence-electron chi connectivity index (χ2n) is 5.37. The molecular weight excluding hydrogens is 254 g/mol. The highest BCUT2D eigenvalue weighted by Gasteiger charge is 2.23. The van der Waals surface area contributed by atoms with Crippen molar-refractivity contribution in [2.75, 3.05) is 20.1 Å². The van der Waals surface area contributed by atoms with E-state index >= 15 is 0 Å². The first-order chi connectivity index (χ1) is 9.74. The first kappa shape index (κ1) is 13.1. The number of aromatic nitrogens is 3. The van der Waals surface area contributed by atoms with Gasteiger partial charge in [-0.15, -0.1) is 0 Å². The molecule has 0 saturated carbocycles. The number of piperidine rings is 1. The van der Waals surface area contributed by atoms with Gasteiger partial charge in [0.15, 0.2) is 5.65 Å². The molecule has 0 bridgehead atoms. The summed E-state index contributed by atoms with van der Waals surface area (Å²) in [6.07, 6.45) is 9.14. The molecule has 1 amide bonds. The first-order valence-electron chi connectivity index (χ1n) is 6.96. The number of nitrogens with one attached hydrogen (secondary N) is 1. The molecule has 0 unspecified atom stereocenters. The van der Waals surface area contributed by atoms with Gasteiger partial charge in [0, 0.05) is 18.9 Å². The average Bonchev–Trinajstić information content (AvgIpc) is 2.88. The van der Waals surface area contributed by atoms with Crippen LogP contribution in [0.15, 0.2) is 24.8 Å². The quantitative estimate of drug-likeness (QED) is 0.893. The van der Waals surface area contributed by atoms with Gasteiger partial charge in [0.1, 0.15) is 0 Å². The van der Waals surface area contributed by atoms with Crippen LogP contribution in [-0.4, -0.2) is 45.3 Å². The van der Waals surface area contributed by atoms with Crippen molar-refractivity contribution in [2.45, 2.75) is 19.4 Å². The van der Waals surface area contributed by atoms with Crippen molar-refractivity contribution in [3.63, 3.8) is 0 Å². The largest absolute Gasteiger partial charge is 0.350 e. The highest BCUT2D eigenvalue weighted by molar-refractivity contribution is 5.78. The van der Waals surface area contributed by atoms with Gasteiger partial charge in [0.25, 0.3) is 0 Å². The number of imidazole rings is 1. The second-order valence-corrected chi connectivity index (χ2v) is 5.37. The molecule has 1 saturated heterocycles. The maximum atomic E-state index is 12.2. The molecule has 6 nitrogen and oxygen atoms in total. The van der Waals surface area contributed by atoms with Crippen molar-refractivity contribution in [1.29, 1.82) is 0 Å². The molecule has 0 aromatic carbocycles. The van der Waals surface area contributed by atoms with E-state index in [4.69, 9.17) is 0 Å². The Kier molecular flexibility index (Phi) is 3.64. The second kappa shape index (κ2) is 5.58. The number of carbonyl (C=O) groups is 1. The molecular formula is C14H19N5O. The van der Waals surface area contributed by atoms with Crippen LogP contribution in [0.5, 0.6) is 0 Å². The van der Waals surface area contributed by atoms with E-state index in [-0.39, 0.29) is 11.8 Å². The molecule has 6 heteroatoms. The topological polar surface area (TPSA) is 62.5 Å². The number of fused-ring (bicyclic) bond motifs is 1. The summed E-state index contributed by atoms with van der Waals surface area (Å²) >= 11 is 0. The SMILES string of the molecule is CN1CCC[C@@H](C(=O)NCc2cnc3cnccn23)C1. The van der Waals surface area contributed by atoms with Gasteiger partial charge >= 0.3 is 0 Å². The van der Waals surface area contributed by atoms with E-state index < -0.39 is 0 Å². The minimum atomic E-state index is 0.106. The number of amides is 1. The molecule has 1 aliphatic rings. The van der Waals surface area contributed by atoms with E-state index in [1.807, 2.05) is 10.6 Å². The van der Waals surface area contributed by atoms with Crippen molar-refractivity contribution >= 4 is 11.6 Å². The zero-order valence-electron chi connectivity index (χ0n) is 11.6. The van der Waals surface area contributed by atoms with Crippen molar-refractivity contribution in [3.05, 3.63) is 30.5 Å². The Morgan fingerprint density at radius 1 is 1.50 bits per heavy atom. The average molecular weight is 273 g/mol. The Hall–Kier alpha value is -1.95. The van der Waals surface area contributed by atoms with Gasteiger partial charge in [-0.1, -0.05) is 0 Å². The molecule has 1 fully saturated rings. The summed E-state index contributed by atoms with van der Waals surface area (Å²) in [5.41, 5.74) is 1.77. The number of likely N-dealkylation sites (tertiary alicyclic amines) is 1. The highest BCUT2D eigenvalue weighted by atomic mass is 16.1. The van der Waals surface area contributed by atoms with Crippen LogP contribution in [0.3, 0.4) is 0 Å². The van der Waals surface area contributed by atoms with Crippen LogP contribution in [0, 0.1) is 5.92 Å². The maximum Gasteiger partial charge on any atom is 0.224 e. The van der Waals surface area contributed by atoms with E-state index in [0.29, 0.717) is 6.54 Å². The minimum absolute atomic E-state index is 0.106. The molecule has 2 aromatic rings. The van der Waals surface area contributed by atoms with Gasteiger partial charge < -0.3 is 10.2 Å². The molecule has 0 spiro atoms. The summed E-state index contributed by atoms with van der Waals surface area (Å²) in [5, 5.41) is 3.02. The molecule has 1 atom stereocenters. The standard InChI is InChI=1S/C14H19N5O/c1-18-5-2-3-11(10-18)14(20)17-8-12-7-16-13-9-15-4-6-19(12)13/h4,6-7,9,11H,2-3,5,8,10H2,1H3,(H,17,20)/t11-/m1/s1. The Morgan fingerprint density at radius 3 is 3.25 bits per heavy atom. The number of carbonyl (C=O) groups excluding carboxylic acids is 1. The summed E-state index contributed by atoms with van der Waals surface area (Å²) in [4.78, 5) is 22.7. The van der Waals surface area contributed by atoms with E-state index in [0.717, 1.165) is 37.3 Å². The van der Waals surface area contributed by atoms with Crippen molar-refractivity contribution in [1.82, 2.24) is 24.6 Å².